The van der Waals surface area contributed by atoms with E-state index in [0.29, 0.717) is 35.4 Å². The molecule has 12 heteroatoms. The standard InChI is InChI=1S/C26H31N9O3/c1-16-10-27-13-20(31-16)19-9-21-17(11-28-19)12-30-35(21)22-14-29-24(37-5)23(33-22)34-8-6-7-18(15-34)32-25(36)38-26(2,3)4/h9-14,18H,6-8,15H2,1-5H3,(H,32,36). The van der Waals surface area contributed by atoms with E-state index in [4.69, 9.17) is 14.5 Å². The molecule has 1 amide bonds. The van der Waals surface area contributed by atoms with E-state index >= 15 is 0 Å². The molecule has 0 saturated carbocycles. The van der Waals surface area contributed by atoms with Gasteiger partial charge in [-0.25, -0.2) is 24.4 Å². The van der Waals surface area contributed by atoms with Gasteiger partial charge in [-0.05, 0) is 46.6 Å². The number of aromatic nitrogens is 7. The Morgan fingerprint density at radius 2 is 1.92 bits per heavy atom. The summed E-state index contributed by atoms with van der Waals surface area (Å²) in [6.45, 7) is 8.73. The van der Waals surface area contributed by atoms with Gasteiger partial charge in [-0.3, -0.25) is 9.97 Å². The summed E-state index contributed by atoms with van der Waals surface area (Å²) >= 11 is 0. The molecule has 4 aromatic heterocycles. The minimum absolute atomic E-state index is 0.0941. The van der Waals surface area contributed by atoms with Crippen LogP contribution in [-0.2, 0) is 4.74 Å². The number of nitrogens with one attached hydrogen (secondary N) is 1. The van der Waals surface area contributed by atoms with Gasteiger partial charge in [0.15, 0.2) is 11.6 Å². The highest BCUT2D eigenvalue weighted by Gasteiger charge is 2.27. The Morgan fingerprint density at radius 1 is 1.08 bits per heavy atom. The normalized spacial score (nSPS) is 15.9. The summed E-state index contributed by atoms with van der Waals surface area (Å²) in [5.41, 5.74) is 2.42. The number of ether oxygens (including phenoxy) is 2. The van der Waals surface area contributed by atoms with Crippen LogP contribution >= 0.6 is 0 Å². The summed E-state index contributed by atoms with van der Waals surface area (Å²) in [7, 11) is 1.57. The van der Waals surface area contributed by atoms with Crippen molar-refractivity contribution < 1.29 is 14.3 Å². The van der Waals surface area contributed by atoms with Gasteiger partial charge in [-0.2, -0.15) is 5.10 Å². The van der Waals surface area contributed by atoms with Gasteiger partial charge in [0.1, 0.15) is 11.3 Å². The summed E-state index contributed by atoms with van der Waals surface area (Å²) in [5.74, 6) is 1.52. The summed E-state index contributed by atoms with van der Waals surface area (Å²) in [4.78, 5) is 37.1. The fourth-order valence-corrected chi connectivity index (χ4v) is 4.40. The first kappa shape index (κ1) is 25.3. The van der Waals surface area contributed by atoms with E-state index in [9.17, 15) is 4.79 Å². The minimum Gasteiger partial charge on any atom is -0.478 e. The maximum atomic E-state index is 12.3. The molecule has 1 atom stereocenters. The topological polar surface area (TPSA) is 133 Å². The van der Waals surface area contributed by atoms with Gasteiger partial charge >= 0.3 is 6.09 Å². The van der Waals surface area contributed by atoms with Crippen LogP contribution in [0.2, 0.25) is 0 Å². The van der Waals surface area contributed by atoms with Crippen LogP contribution in [0.3, 0.4) is 0 Å². The molecule has 1 fully saturated rings. The van der Waals surface area contributed by atoms with Crippen molar-refractivity contribution in [1.82, 2.24) is 40.0 Å². The third-order valence-electron chi connectivity index (χ3n) is 6.03. The fourth-order valence-electron chi connectivity index (χ4n) is 4.40. The Hall–Kier alpha value is -4.35. The maximum Gasteiger partial charge on any atom is 0.407 e. The number of amides is 1. The summed E-state index contributed by atoms with van der Waals surface area (Å²) in [5, 5.41) is 8.39. The molecule has 1 aliphatic heterocycles. The molecule has 0 spiro atoms. The van der Waals surface area contributed by atoms with E-state index in [2.05, 4.69) is 35.3 Å². The van der Waals surface area contributed by atoms with Crippen LogP contribution in [-0.4, -0.2) is 72.6 Å². The van der Waals surface area contributed by atoms with Gasteiger partial charge < -0.3 is 19.7 Å². The van der Waals surface area contributed by atoms with Gasteiger partial charge in [0.05, 0.1) is 42.6 Å². The molecule has 1 aliphatic rings. The number of alkyl carbamates (subject to hydrolysis) is 1. The van der Waals surface area contributed by atoms with Crippen molar-refractivity contribution in [3.63, 3.8) is 0 Å². The maximum absolute atomic E-state index is 12.3. The summed E-state index contributed by atoms with van der Waals surface area (Å²) in [6, 6.07) is 1.82. The van der Waals surface area contributed by atoms with Crippen LogP contribution < -0.4 is 15.0 Å². The fraction of sp³-hybridized carbons (Fsp3) is 0.423. The van der Waals surface area contributed by atoms with Crippen LogP contribution in [0, 0.1) is 6.92 Å². The Morgan fingerprint density at radius 3 is 2.68 bits per heavy atom. The van der Waals surface area contributed by atoms with Gasteiger partial charge in [0.25, 0.3) is 5.88 Å². The Balaban J connectivity index is 1.44. The molecular formula is C26H31N9O3. The van der Waals surface area contributed by atoms with E-state index < -0.39 is 11.7 Å². The van der Waals surface area contributed by atoms with Crippen molar-refractivity contribution in [2.45, 2.75) is 52.2 Å². The molecule has 0 radical (unpaired) electrons. The second-order valence-electron chi connectivity index (χ2n) is 10.2. The van der Waals surface area contributed by atoms with Crippen LogP contribution in [0.4, 0.5) is 10.6 Å². The van der Waals surface area contributed by atoms with Crippen LogP contribution in [0.5, 0.6) is 5.88 Å². The molecule has 5 rings (SSSR count). The lowest BCUT2D eigenvalue weighted by atomic mass is 10.1. The molecule has 0 bridgehead atoms. The SMILES string of the molecule is COc1ncc(-n2ncc3cnc(-c4cncc(C)n4)cc32)nc1N1CCCC(NC(=O)OC(C)(C)C)C1. The highest BCUT2D eigenvalue weighted by molar-refractivity contribution is 5.82. The average Bonchev–Trinajstić information content (AvgIpc) is 3.30. The predicted molar refractivity (Wildman–Crippen MR) is 141 cm³/mol. The summed E-state index contributed by atoms with van der Waals surface area (Å²) < 4.78 is 12.7. The number of aryl methyl sites for hydroxylation is 1. The van der Waals surface area contributed by atoms with E-state index in [1.165, 1.54) is 0 Å². The number of piperidine rings is 1. The smallest absolute Gasteiger partial charge is 0.407 e. The largest absolute Gasteiger partial charge is 0.478 e. The predicted octanol–water partition coefficient (Wildman–Crippen LogP) is 3.48. The Labute approximate surface area is 220 Å². The van der Waals surface area contributed by atoms with E-state index in [1.54, 1.807) is 42.8 Å². The van der Waals surface area contributed by atoms with Gasteiger partial charge in [0.2, 0.25) is 0 Å². The zero-order valence-electron chi connectivity index (χ0n) is 22.2. The van der Waals surface area contributed by atoms with Gasteiger partial charge in [-0.15, -0.1) is 0 Å². The summed E-state index contributed by atoms with van der Waals surface area (Å²) in [6.07, 6.45) is 9.79. The number of carbonyl (C=O) groups is 1. The molecule has 1 N–H and O–H groups in total. The molecule has 1 unspecified atom stereocenters. The van der Waals surface area contributed by atoms with Gasteiger partial charge in [-0.1, -0.05) is 0 Å². The highest BCUT2D eigenvalue weighted by atomic mass is 16.6. The first-order chi connectivity index (χ1) is 18.2. The van der Waals surface area contributed by atoms with E-state index in [0.717, 1.165) is 36.0 Å². The second-order valence-corrected chi connectivity index (χ2v) is 10.2. The molecule has 38 heavy (non-hydrogen) atoms. The van der Waals surface area contributed by atoms with E-state index in [1.807, 2.05) is 33.8 Å². The third-order valence-corrected chi connectivity index (χ3v) is 6.03. The number of anilines is 1. The number of hydrogen-bond donors (Lipinski definition) is 1. The van der Waals surface area contributed by atoms with Crippen LogP contribution in [0.25, 0.3) is 28.1 Å². The van der Waals surface area contributed by atoms with Crippen molar-refractivity contribution in [1.29, 1.82) is 0 Å². The lowest BCUT2D eigenvalue weighted by Crippen LogP contribution is -2.49. The molecular weight excluding hydrogens is 486 g/mol. The Bertz CT molecular complexity index is 1460. The first-order valence-corrected chi connectivity index (χ1v) is 12.5. The molecule has 12 nitrogen and oxygen atoms in total. The number of pyridine rings is 1. The van der Waals surface area contributed by atoms with Crippen molar-refractivity contribution in [3.05, 3.63) is 42.7 Å². The van der Waals surface area contributed by atoms with Crippen molar-refractivity contribution in [3.8, 4) is 23.1 Å². The minimum atomic E-state index is -0.560. The van der Waals surface area contributed by atoms with Crippen LogP contribution in [0.15, 0.2) is 37.1 Å². The number of hydrogen-bond acceptors (Lipinski definition) is 10. The Kier molecular flexibility index (Phi) is 6.79. The van der Waals surface area contributed by atoms with Gasteiger partial charge in [0, 0.05) is 36.9 Å². The number of fused-ring (bicyclic) bond motifs is 1. The zero-order valence-corrected chi connectivity index (χ0v) is 22.2. The molecule has 0 aromatic carbocycles. The average molecular weight is 518 g/mol. The molecule has 5 heterocycles. The number of methoxy groups -OCH3 is 1. The number of rotatable bonds is 5. The third kappa shape index (κ3) is 5.48. The quantitative estimate of drug-likeness (QED) is 0.419. The zero-order chi connectivity index (χ0) is 26.9. The lowest BCUT2D eigenvalue weighted by molar-refractivity contribution is 0.0500. The lowest BCUT2D eigenvalue weighted by Gasteiger charge is -2.34. The number of nitrogens with zero attached hydrogens (tertiary/aromatic N) is 8. The molecule has 0 aliphatic carbocycles. The van der Waals surface area contributed by atoms with E-state index in [-0.39, 0.29) is 6.04 Å². The monoisotopic (exact) mass is 517 g/mol. The van der Waals surface area contributed by atoms with Crippen molar-refractivity contribution >= 4 is 22.8 Å². The highest BCUT2D eigenvalue weighted by Crippen LogP contribution is 2.29. The first-order valence-electron chi connectivity index (χ1n) is 12.5. The van der Waals surface area contributed by atoms with Crippen molar-refractivity contribution in [2.75, 3.05) is 25.1 Å². The molecule has 4 aromatic rings. The molecule has 198 valence electrons. The van der Waals surface area contributed by atoms with Crippen LogP contribution in [0.1, 0.15) is 39.3 Å². The molecule has 1 saturated heterocycles. The second kappa shape index (κ2) is 10.2. The number of carbonyl (C=O) groups excluding carboxylic acids is 1. The van der Waals surface area contributed by atoms with Crippen molar-refractivity contribution in [2.24, 2.45) is 0 Å².